The highest BCUT2D eigenvalue weighted by Gasteiger charge is 2.26. The molecular formula is C17H19N3O3. The van der Waals surface area contributed by atoms with E-state index in [1.54, 1.807) is 6.07 Å². The van der Waals surface area contributed by atoms with Crippen molar-refractivity contribution in [3.05, 3.63) is 57.8 Å². The third-order valence-electron chi connectivity index (χ3n) is 3.67. The molecule has 2 heterocycles. The quantitative estimate of drug-likeness (QED) is 0.902. The Morgan fingerprint density at radius 1 is 1.43 bits per heavy atom. The number of rotatable bonds is 4. The molecule has 1 atom stereocenters. The Morgan fingerprint density at radius 3 is 3.00 bits per heavy atom. The molecule has 0 fully saturated rings. The highest BCUT2D eigenvalue weighted by atomic mass is 16.5. The van der Waals surface area contributed by atoms with Crippen LogP contribution in [0.1, 0.15) is 41.6 Å². The molecular weight excluding hydrogens is 294 g/mol. The van der Waals surface area contributed by atoms with Crippen LogP contribution >= 0.6 is 0 Å². The summed E-state index contributed by atoms with van der Waals surface area (Å²) in [6.07, 6.45) is 0.688. The van der Waals surface area contributed by atoms with E-state index in [-0.39, 0.29) is 17.6 Å². The zero-order chi connectivity index (χ0) is 16.4. The van der Waals surface area contributed by atoms with Crippen LogP contribution in [0.2, 0.25) is 0 Å². The lowest BCUT2D eigenvalue weighted by molar-refractivity contribution is 0.0924. The van der Waals surface area contributed by atoms with Gasteiger partial charge in [0, 0.05) is 11.3 Å². The molecule has 1 aromatic carbocycles. The Balaban J connectivity index is 1.79. The van der Waals surface area contributed by atoms with Crippen LogP contribution in [-0.2, 0) is 6.42 Å². The summed E-state index contributed by atoms with van der Waals surface area (Å²) in [5, 5.41) is 2.88. The summed E-state index contributed by atoms with van der Waals surface area (Å²) in [4.78, 5) is 30.5. The number of aromatic amines is 1. The van der Waals surface area contributed by atoms with E-state index in [1.807, 2.05) is 38.1 Å². The van der Waals surface area contributed by atoms with Crippen LogP contribution in [-0.4, -0.2) is 22.5 Å². The van der Waals surface area contributed by atoms with E-state index >= 15 is 0 Å². The number of carbonyl (C=O) groups excluding carboxylic acids is 1. The first-order chi connectivity index (χ1) is 11.0. The van der Waals surface area contributed by atoms with Crippen LogP contribution in [0.4, 0.5) is 0 Å². The molecule has 0 radical (unpaired) electrons. The molecule has 0 aliphatic carbocycles. The van der Waals surface area contributed by atoms with Gasteiger partial charge in [-0.15, -0.1) is 0 Å². The van der Waals surface area contributed by atoms with Gasteiger partial charge in [0.15, 0.2) is 0 Å². The minimum absolute atomic E-state index is 0.133. The fraction of sp³-hybridized carbons (Fsp3) is 0.353. The van der Waals surface area contributed by atoms with Gasteiger partial charge in [0.05, 0.1) is 6.04 Å². The average molecular weight is 313 g/mol. The van der Waals surface area contributed by atoms with Gasteiger partial charge >= 0.3 is 5.69 Å². The summed E-state index contributed by atoms with van der Waals surface area (Å²) in [7, 11) is 0. The maximum atomic E-state index is 12.4. The molecule has 0 spiro atoms. The topological polar surface area (TPSA) is 84.1 Å². The van der Waals surface area contributed by atoms with Crippen molar-refractivity contribution in [2.24, 2.45) is 5.92 Å². The number of aromatic nitrogens is 2. The van der Waals surface area contributed by atoms with Gasteiger partial charge in [-0.25, -0.2) is 4.79 Å². The minimum atomic E-state index is -0.503. The predicted octanol–water partition coefficient (Wildman–Crippen LogP) is 1.83. The van der Waals surface area contributed by atoms with Gasteiger partial charge in [0.25, 0.3) is 5.91 Å². The molecule has 1 aliphatic rings. The maximum Gasteiger partial charge on any atom is 0.345 e. The molecule has 120 valence electrons. The molecule has 2 N–H and O–H groups in total. The summed E-state index contributed by atoms with van der Waals surface area (Å²) in [5.74, 6) is 0.780. The molecule has 1 amide bonds. The lowest BCUT2D eigenvalue weighted by Gasteiger charge is -2.12. The Hall–Kier alpha value is -2.63. The molecule has 3 rings (SSSR count). The van der Waals surface area contributed by atoms with E-state index in [2.05, 4.69) is 15.3 Å². The average Bonchev–Trinajstić information content (AvgIpc) is 2.89. The van der Waals surface area contributed by atoms with Gasteiger partial charge in [-0.3, -0.25) is 4.79 Å². The standard InChI is InChI=1S/C17H19N3O3/c1-10(2)7-11-8-13(20-17(22)18-11)16(21)19-14-9-23-15-6-4-3-5-12(14)15/h3-6,8,10,14H,7,9H2,1-2H3,(H,19,21)(H,18,20,22)/t14-/m0/s1. The minimum Gasteiger partial charge on any atom is -0.491 e. The van der Waals surface area contributed by atoms with E-state index in [4.69, 9.17) is 4.74 Å². The second kappa shape index (κ2) is 6.24. The van der Waals surface area contributed by atoms with Crippen LogP contribution < -0.4 is 15.7 Å². The van der Waals surface area contributed by atoms with Crippen LogP contribution in [0, 0.1) is 5.92 Å². The number of amides is 1. The Bertz CT molecular complexity index is 783. The Morgan fingerprint density at radius 2 is 2.22 bits per heavy atom. The third kappa shape index (κ3) is 3.41. The molecule has 1 aliphatic heterocycles. The summed E-state index contributed by atoms with van der Waals surface area (Å²) in [5.41, 5.74) is 1.28. The predicted molar refractivity (Wildman–Crippen MR) is 85.5 cm³/mol. The zero-order valence-corrected chi connectivity index (χ0v) is 13.1. The van der Waals surface area contributed by atoms with Gasteiger partial charge in [0.2, 0.25) is 0 Å². The largest absolute Gasteiger partial charge is 0.491 e. The van der Waals surface area contributed by atoms with E-state index in [1.165, 1.54) is 0 Å². The number of carbonyl (C=O) groups is 1. The van der Waals surface area contributed by atoms with Crippen molar-refractivity contribution in [2.75, 3.05) is 6.61 Å². The number of ether oxygens (including phenoxy) is 1. The van der Waals surface area contributed by atoms with Gasteiger partial charge < -0.3 is 15.0 Å². The summed E-state index contributed by atoms with van der Waals surface area (Å²) in [6.45, 7) is 4.48. The smallest absolute Gasteiger partial charge is 0.345 e. The van der Waals surface area contributed by atoms with Gasteiger partial charge in [-0.2, -0.15) is 4.98 Å². The van der Waals surface area contributed by atoms with E-state index in [0.29, 0.717) is 24.6 Å². The van der Waals surface area contributed by atoms with Crippen molar-refractivity contribution in [3.63, 3.8) is 0 Å². The van der Waals surface area contributed by atoms with E-state index in [9.17, 15) is 9.59 Å². The van der Waals surface area contributed by atoms with Gasteiger partial charge in [0.1, 0.15) is 18.1 Å². The Labute approximate surface area is 133 Å². The molecule has 0 saturated carbocycles. The van der Waals surface area contributed by atoms with Crippen LogP contribution in [0.3, 0.4) is 0 Å². The summed E-state index contributed by atoms with van der Waals surface area (Å²) < 4.78 is 5.54. The first kappa shape index (κ1) is 15.3. The summed E-state index contributed by atoms with van der Waals surface area (Å²) >= 11 is 0. The highest BCUT2D eigenvalue weighted by molar-refractivity contribution is 5.92. The number of hydrogen-bond donors (Lipinski definition) is 2. The third-order valence-corrected chi connectivity index (χ3v) is 3.67. The number of benzene rings is 1. The number of nitrogens with zero attached hydrogens (tertiary/aromatic N) is 1. The number of nitrogens with one attached hydrogen (secondary N) is 2. The lowest BCUT2D eigenvalue weighted by atomic mass is 10.1. The van der Waals surface area contributed by atoms with Crippen LogP contribution in [0.15, 0.2) is 35.1 Å². The molecule has 2 aromatic rings. The molecule has 0 unspecified atom stereocenters. The van der Waals surface area contributed by atoms with Crippen molar-refractivity contribution in [1.29, 1.82) is 0 Å². The zero-order valence-electron chi connectivity index (χ0n) is 13.1. The molecule has 1 aromatic heterocycles. The second-order valence-corrected chi connectivity index (χ2v) is 6.07. The number of H-pyrrole nitrogens is 1. The molecule has 0 bridgehead atoms. The molecule has 6 nitrogen and oxygen atoms in total. The molecule has 6 heteroatoms. The fourth-order valence-corrected chi connectivity index (χ4v) is 2.69. The lowest BCUT2D eigenvalue weighted by Crippen LogP contribution is -2.32. The molecule has 0 saturated heterocycles. The van der Waals surface area contributed by atoms with E-state index in [0.717, 1.165) is 11.3 Å². The van der Waals surface area contributed by atoms with Crippen molar-refractivity contribution in [3.8, 4) is 5.75 Å². The van der Waals surface area contributed by atoms with Gasteiger partial charge in [-0.05, 0) is 24.5 Å². The monoisotopic (exact) mass is 313 g/mol. The summed E-state index contributed by atoms with van der Waals surface area (Å²) in [6, 6.07) is 8.99. The maximum absolute atomic E-state index is 12.4. The molecule has 23 heavy (non-hydrogen) atoms. The normalized spacial score (nSPS) is 16.0. The highest BCUT2D eigenvalue weighted by Crippen LogP contribution is 2.31. The number of hydrogen-bond acceptors (Lipinski definition) is 4. The van der Waals surface area contributed by atoms with Crippen molar-refractivity contribution in [2.45, 2.75) is 26.3 Å². The first-order valence-electron chi connectivity index (χ1n) is 7.66. The first-order valence-corrected chi connectivity index (χ1v) is 7.66. The van der Waals surface area contributed by atoms with Crippen molar-refractivity contribution >= 4 is 5.91 Å². The van der Waals surface area contributed by atoms with E-state index < -0.39 is 5.69 Å². The number of fused-ring (bicyclic) bond motifs is 1. The van der Waals surface area contributed by atoms with Crippen molar-refractivity contribution < 1.29 is 9.53 Å². The Kier molecular flexibility index (Phi) is 4.14. The van der Waals surface area contributed by atoms with Crippen LogP contribution in [0.5, 0.6) is 5.75 Å². The fourth-order valence-electron chi connectivity index (χ4n) is 2.69. The second-order valence-electron chi connectivity index (χ2n) is 6.07. The number of para-hydroxylation sites is 1. The van der Waals surface area contributed by atoms with Gasteiger partial charge in [-0.1, -0.05) is 32.0 Å². The van der Waals surface area contributed by atoms with Crippen LogP contribution in [0.25, 0.3) is 0 Å². The SMILES string of the molecule is CC(C)Cc1cc(C(=O)N[C@H]2COc3ccccc32)nc(=O)[nH]1. The van der Waals surface area contributed by atoms with Crippen molar-refractivity contribution in [1.82, 2.24) is 15.3 Å².